The third-order valence-electron chi connectivity index (χ3n) is 6.72. The molecule has 0 spiro atoms. The molecule has 0 saturated carbocycles. The number of aromatic nitrogens is 1. The maximum Gasteiger partial charge on any atom is 0.247 e. The van der Waals surface area contributed by atoms with Crippen LogP contribution in [0.2, 0.25) is 0 Å². The van der Waals surface area contributed by atoms with E-state index in [-0.39, 0.29) is 17.0 Å². The summed E-state index contributed by atoms with van der Waals surface area (Å²) < 4.78 is 27.7. The van der Waals surface area contributed by atoms with Crippen molar-refractivity contribution in [3.63, 3.8) is 0 Å². The molecule has 8 nitrogen and oxygen atoms in total. The molecule has 0 radical (unpaired) electrons. The minimum absolute atomic E-state index is 0.261. The van der Waals surface area contributed by atoms with Crippen LogP contribution in [0.3, 0.4) is 0 Å². The van der Waals surface area contributed by atoms with Gasteiger partial charge in [-0.15, -0.1) is 0 Å². The van der Waals surface area contributed by atoms with Crippen LogP contribution in [0.5, 0.6) is 0 Å². The first-order valence-electron chi connectivity index (χ1n) is 12.7. The molecule has 1 aromatic heterocycles. The largest absolute Gasteiger partial charge is 0.377 e. The molecule has 1 aliphatic heterocycles. The van der Waals surface area contributed by atoms with Crippen molar-refractivity contribution in [1.82, 2.24) is 9.88 Å². The van der Waals surface area contributed by atoms with E-state index in [1.165, 1.54) is 24.4 Å². The molecule has 10 heteroatoms. The summed E-state index contributed by atoms with van der Waals surface area (Å²) >= 11 is 0. The number of piperazine rings is 1. The molecule has 1 aliphatic rings. The standard InChI is InChI=1S/C29H31F2N7O/c1-4-29(39)36-27-15-22(38-12-10-37(5-2)11-13-38)7-9-25(27)35-28-16-26(20(17-32)18-33-28)34-19(3)23-8-6-21(30)14-24(23)31/h4,6-9,14-16,18-19H,1,5,10-13H2,2-3H3,(H,36,39)(H2,33,34,35). The average molecular weight is 532 g/mol. The maximum atomic E-state index is 14.3. The monoisotopic (exact) mass is 531 g/mol. The molecule has 39 heavy (non-hydrogen) atoms. The van der Waals surface area contributed by atoms with E-state index in [1.807, 2.05) is 18.2 Å². The Morgan fingerprint density at radius 1 is 1.13 bits per heavy atom. The first-order valence-corrected chi connectivity index (χ1v) is 12.7. The summed E-state index contributed by atoms with van der Waals surface area (Å²) in [5.41, 5.74) is 3.09. The highest BCUT2D eigenvalue weighted by molar-refractivity contribution is 6.02. The van der Waals surface area contributed by atoms with Crippen molar-refractivity contribution in [2.45, 2.75) is 19.9 Å². The lowest BCUT2D eigenvalue weighted by molar-refractivity contribution is -0.111. The van der Waals surface area contributed by atoms with Crippen LogP contribution >= 0.6 is 0 Å². The van der Waals surface area contributed by atoms with Gasteiger partial charge in [0, 0.05) is 55.8 Å². The fourth-order valence-electron chi connectivity index (χ4n) is 4.48. The van der Waals surface area contributed by atoms with E-state index >= 15 is 0 Å². The number of pyridine rings is 1. The maximum absolute atomic E-state index is 14.3. The van der Waals surface area contributed by atoms with Crippen molar-refractivity contribution in [2.24, 2.45) is 0 Å². The average Bonchev–Trinajstić information content (AvgIpc) is 2.94. The van der Waals surface area contributed by atoms with Crippen molar-refractivity contribution < 1.29 is 13.6 Å². The van der Waals surface area contributed by atoms with E-state index in [9.17, 15) is 18.8 Å². The Balaban J connectivity index is 1.59. The zero-order valence-electron chi connectivity index (χ0n) is 22.0. The van der Waals surface area contributed by atoms with Gasteiger partial charge in [-0.2, -0.15) is 5.26 Å². The zero-order chi connectivity index (χ0) is 27.9. The predicted molar refractivity (Wildman–Crippen MR) is 150 cm³/mol. The van der Waals surface area contributed by atoms with E-state index in [0.717, 1.165) is 44.5 Å². The van der Waals surface area contributed by atoms with Crippen LogP contribution in [-0.2, 0) is 4.79 Å². The lowest BCUT2D eigenvalue weighted by Gasteiger charge is -2.35. The smallest absolute Gasteiger partial charge is 0.247 e. The summed E-state index contributed by atoms with van der Waals surface area (Å²) in [7, 11) is 0. The molecule has 0 aliphatic carbocycles. The van der Waals surface area contributed by atoms with Crippen LogP contribution in [0.4, 0.5) is 37.3 Å². The number of hydrogen-bond donors (Lipinski definition) is 3. The molecule has 1 unspecified atom stereocenters. The Labute approximate surface area is 227 Å². The van der Waals surface area contributed by atoms with Crippen LogP contribution < -0.4 is 20.9 Å². The number of nitriles is 1. The number of halogens is 2. The molecule has 1 atom stereocenters. The van der Waals surface area contributed by atoms with Crippen molar-refractivity contribution in [3.05, 3.63) is 84.1 Å². The lowest BCUT2D eigenvalue weighted by atomic mass is 10.1. The third-order valence-corrected chi connectivity index (χ3v) is 6.72. The topological polar surface area (TPSA) is 96.3 Å². The lowest BCUT2D eigenvalue weighted by Crippen LogP contribution is -2.46. The Morgan fingerprint density at radius 2 is 1.90 bits per heavy atom. The quantitative estimate of drug-likeness (QED) is 0.318. The highest BCUT2D eigenvalue weighted by Gasteiger charge is 2.18. The number of hydrogen-bond acceptors (Lipinski definition) is 7. The van der Waals surface area contributed by atoms with Gasteiger partial charge >= 0.3 is 0 Å². The normalized spacial score (nSPS) is 14.3. The molecule has 2 heterocycles. The second-order valence-electron chi connectivity index (χ2n) is 9.23. The molecule has 0 bridgehead atoms. The van der Waals surface area contributed by atoms with Gasteiger partial charge in [-0.25, -0.2) is 13.8 Å². The summed E-state index contributed by atoms with van der Waals surface area (Å²) in [5, 5.41) is 18.8. The SMILES string of the molecule is C=CC(=O)Nc1cc(N2CCN(CC)CC2)ccc1Nc1cc(NC(C)c2ccc(F)cc2F)c(C#N)cn1. The predicted octanol–water partition coefficient (Wildman–Crippen LogP) is 5.41. The number of amides is 1. The number of rotatable bonds is 9. The molecule has 4 rings (SSSR count). The van der Waals surface area contributed by atoms with Gasteiger partial charge in [0.15, 0.2) is 0 Å². The Bertz CT molecular complexity index is 1400. The van der Waals surface area contributed by atoms with E-state index in [2.05, 4.69) is 50.3 Å². The van der Waals surface area contributed by atoms with E-state index in [1.54, 1.807) is 13.0 Å². The Hall–Kier alpha value is -4.49. The third kappa shape index (κ3) is 6.69. The number of carbonyl (C=O) groups is 1. The molecule has 3 N–H and O–H groups in total. The van der Waals surface area contributed by atoms with Crippen LogP contribution in [-0.4, -0.2) is 48.5 Å². The van der Waals surface area contributed by atoms with Crippen molar-refractivity contribution in [2.75, 3.05) is 53.6 Å². The van der Waals surface area contributed by atoms with E-state index < -0.39 is 17.7 Å². The van der Waals surface area contributed by atoms with Crippen molar-refractivity contribution in [3.8, 4) is 6.07 Å². The highest BCUT2D eigenvalue weighted by atomic mass is 19.1. The van der Waals surface area contributed by atoms with Gasteiger partial charge in [0.2, 0.25) is 5.91 Å². The number of carbonyl (C=O) groups excluding carboxylic acids is 1. The number of anilines is 5. The van der Waals surface area contributed by atoms with Crippen LogP contribution in [0, 0.1) is 23.0 Å². The minimum atomic E-state index is -0.681. The first kappa shape index (κ1) is 27.5. The molecule has 2 aromatic carbocycles. The van der Waals surface area contributed by atoms with Gasteiger partial charge in [0.1, 0.15) is 23.5 Å². The van der Waals surface area contributed by atoms with Gasteiger partial charge in [-0.1, -0.05) is 19.6 Å². The molecular weight excluding hydrogens is 500 g/mol. The highest BCUT2D eigenvalue weighted by Crippen LogP contribution is 2.32. The fraction of sp³-hybridized carbons (Fsp3) is 0.276. The molecule has 202 valence electrons. The summed E-state index contributed by atoms with van der Waals surface area (Å²) in [6, 6.07) is 12.3. The zero-order valence-corrected chi connectivity index (χ0v) is 22.0. The Morgan fingerprint density at radius 3 is 2.56 bits per heavy atom. The summed E-state index contributed by atoms with van der Waals surface area (Å²) in [4.78, 5) is 21.2. The van der Waals surface area contributed by atoms with E-state index in [4.69, 9.17) is 0 Å². The van der Waals surface area contributed by atoms with Gasteiger partial charge in [0.25, 0.3) is 0 Å². The molecule has 1 fully saturated rings. The van der Waals surface area contributed by atoms with Crippen LogP contribution in [0.25, 0.3) is 0 Å². The van der Waals surface area contributed by atoms with Gasteiger partial charge in [-0.05, 0) is 43.8 Å². The Kier molecular flexibility index (Phi) is 8.74. The minimum Gasteiger partial charge on any atom is -0.377 e. The fourth-order valence-corrected chi connectivity index (χ4v) is 4.48. The summed E-state index contributed by atoms with van der Waals surface area (Å²) in [6.45, 7) is 12.1. The van der Waals surface area contributed by atoms with Crippen molar-refractivity contribution in [1.29, 1.82) is 5.26 Å². The van der Waals surface area contributed by atoms with Gasteiger partial charge in [0.05, 0.1) is 28.7 Å². The van der Waals surface area contributed by atoms with Gasteiger partial charge in [-0.3, -0.25) is 4.79 Å². The van der Waals surface area contributed by atoms with E-state index in [0.29, 0.717) is 22.9 Å². The molecule has 1 amide bonds. The first-order chi connectivity index (χ1) is 18.8. The molecule has 3 aromatic rings. The van der Waals surface area contributed by atoms with Crippen LogP contribution in [0.1, 0.15) is 31.0 Å². The molecular formula is C29H31F2N7O. The number of likely N-dealkylation sites (N-methyl/N-ethyl adjacent to an activating group) is 1. The summed E-state index contributed by atoms with van der Waals surface area (Å²) in [6.07, 6.45) is 2.61. The molecule has 1 saturated heterocycles. The number of nitrogens with one attached hydrogen (secondary N) is 3. The second-order valence-corrected chi connectivity index (χ2v) is 9.23. The number of benzene rings is 2. The second kappa shape index (κ2) is 12.4. The number of nitrogens with zero attached hydrogens (tertiary/aromatic N) is 4. The van der Waals surface area contributed by atoms with Crippen molar-refractivity contribution >= 4 is 34.5 Å². The van der Waals surface area contributed by atoms with Gasteiger partial charge < -0.3 is 25.8 Å². The van der Waals surface area contributed by atoms with Crippen LogP contribution in [0.15, 0.2) is 61.3 Å². The summed E-state index contributed by atoms with van der Waals surface area (Å²) in [5.74, 6) is -1.29.